The second-order valence-corrected chi connectivity index (χ2v) is 5.43. The van der Waals surface area contributed by atoms with E-state index in [0.29, 0.717) is 0 Å². The number of hydrogen-bond donors (Lipinski definition) is 1. The number of benzene rings is 1. The van der Waals surface area contributed by atoms with Crippen LogP contribution < -0.4 is 10.6 Å². The van der Waals surface area contributed by atoms with Crippen LogP contribution in [0.1, 0.15) is 6.92 Å². The van der Waals surface area contributed by atoms with Gasteiger partial charge in [-0.15, -0.1) is 0 Å². The van der Waals surface area contributed by atoms with Gasteiger partial charge in [-0.25, -0.2) is 0 Å². The molecule has 4 nitrogen and oxygen atoms in total. The van der Waals surface area contributed by atoms with Crippen LogP contribution in [-0.4, -0.2) is 42.6 Å². The lowest BCUT2D eigenvalue weighted by Crippen LogP contribution is -2.46. The van der Waals surface area contributed by atoms with Crippen LogP contribution in [-0.2, 0) is 0 Å². The van der Waals surface area contributed by atoms with Gasteiger partial charge in [0.25, 0.3) is 0 Å². The number of aromatic nitrogens is 1. The number of nitrogens with zero attached hydrogens (tertiary/aromatic N) is 3. The van der Waals surface area contributed by atoms with Crippen molar-refractivity contribution in [1.29, 1.82) is 0 Å². The molecule has 1 aromatic heterocycles. The van der Waals surface area contributed by atoms with Gasteiger partial charge in [-0.3, -0.25) is 4.98 Å². The highest BCUT2D eigenvalue weighted by molar-refractivity contribution is 5.79. The third kappa shape index (κ3) is 3.00. The fourth-order valence-electron chi connectivity index (χ4n) is 2.84. The summed E-state index contributed by atoms with van der Waals surface area (Å²) >= 11 is 0. The third-order valence-electron chi connectivity index (χ3n) is 4.19. The zero-order chi connectivity index (χ0) is 14.7. The van der Waals surface area contributed by atoms with Crippen molar-refractivity contribution in [3.63, 3.8) is 0 Å². The van der Waals surface area contributed by atoms with Crippen LogP contribution in [0.5, 0.6) is 0 Å². The van der Waals surface area contributed by atoms with Crippen LogP contribution >= 0.6 is 0 Å². The molecule has 2 heterocycles. The maximum absolute atomic E-state index is 6.14. The fraction of sp³-hybridized carbons (Fsp3) is 0.353. The molecule has 0 spiro atoms. The van der Waals surface area contributed by atoms with E-state index in [0.717, 1.165) is 49.5 Å². The summed E-state index contributed by atoms with van der Waals surface area (Å²) in [4.78, 5) is 9.11. The lowest BCUT2D eigenvalue weighted by Gasteiger charge is -2.35. The summed E-state index contributed by atoms with van der Waals surface area (Å²) in [7, 11) is 0. The van der Waals surface area contributed by atoms with E-state index in [4.69, 9.17) is 5.73 Å². The second kappa shape index (κ2) is 6.14. The quantitative estimate of drug-likeness (QED) is 0.879. The highest BCUT2D eigenvalue weighted by Crippen LogP contribution is 2.30. The molecule has 1 saturated heterocycles. The van der Waals surface area contributed by atoms with Gasteiger partial charge in [0.05, 0.1) is 0 Å². The first-order chi connectivity index (χ1) is 10.3. The van der Waals surface area contributed by atoms with Gasteiger partial charge in [0.2, 0.25) is 0 Å². The Morgan fingerprint density at radius 1 is 1.14 bits per heavy atom. The Kier molecular flexibility index (Phi) is 4.06. The minimum Gasteiger partial charge on any atom is -0.398 e. The van der Waals surface area contributed by atoms with Gasteiger partial charge in [0.1, 0.15) is 0 Å². The molecule has 2 aromatic rings. The topological polar surface area (TPSA) is 45.4 Å². The maximum atomic E-state index is 6.14. The number of likely N-dealkylation sites (N-methyl/N-ethyl adjacent to an activating group) is 1. The molecule has 1 aliphatic heterocycles. The van der Waals surface area contributed by atoms with Crippen molar-refractivity contribution in [3.05, 3.63) is 42.7 Å². The fourth-order valence-corrected chi connectivity index (χ4v) is 2.84. The van der Waals surface area contributed by atoms with Gasteiger partial charge in [0.15, 0.2) is 0 Å². The summed E-state index contributed by atoms with van der Waals surface area (Å²) in [5.41, 5.74) is 10.3. The highest BCUT2D eigenvalue weighted by atomic mass is 15.3. The van der Waals surface area contributed by atoms with Crippen LogP contribution in [0, 0.1) is 0 Å². The number of nitrogen functional groups attached to an aromatic ring is 1. The number of pyridine rings is 1. The van der Waals surface area contributed by atoms with Gasteiger partial charge in [0, 0.05) is 61.1 Å². The van der Waals surface area contributed by atoms with Gasteiger partial charge in [-0.2, -0.15) is 0 Å². The number of anilines is 2. The Morgan fingerprint density at radius 3 is 2.62 bits per heavy atom. The predicted octanol–water partition coefficient (Wildman–Crippen LogP) is 2.47. The van der Waals surface area contributed by atoms with E-state index in [9.17, 15) is 0 Å². The maximum Gasteiger partial charge on any atom is 0.0395 e. The number of nitrogens with two attached hydrogens (primary N) is 1. The van der Waals surface area contributed by atoms with Crippen molar-refractivity contribution < 1.29 is 0 Å². The summed E-state index contributed by atoms with van der Waals surface area (Å²) < 4.78 is 0. The summed E-state index contributed by atoms with van der Waals surface area (Å²) in [5, 5.41) is 0. The summed E-state index contributed by atoms with van der Waals surface area (Å²) in [5.74, 6) is 0. The van der Waals surface area contributed by atoms with E-state index in [1.807, 2.05) is 18.3 Å². The summed E-state index contributed by atoms with van der Waals surface area (Å²) in [6, 6.07) is 10.3. The Labute approximate surface area is 126 Å². The second-order valence-electron chi connectivity index (χ2n) is 5.43. The van der Waals surface area contributed by atoms with Gasteiger partial charge in [-0.05, 0) is 30.8 Å². The Hall–Kier alpha value is -2.07. The third-order valence-corrected chi connectivity index (χ3v) is 4.19. The lowest BCUT2D eigenvalue weighted by atomic mass is 10.0. The Bertz CT molecular complexity index is 589. The minimum atomic E-state index is 0.805. The summed E-state index contributed by atoms with van der Waals surface area (Å²) in [6.07, 6.45) is 3.65. The first-order valence-corrected chi connectivity index (χ1v) is 7.55. The van der Waals surface area contributed by atoms with E-state index in [1.165, 1.54) is 5.69 Å². The van der Waals surface area contributed by atoms with Crippen LogP contribution in [0.3, 0.4) is 0 Å². The predicted molar refractivity (Wildman–Crippen MR) is 88.4 cm³/mol. The molecule has 0 radical (unpaired) electrons. The van der Waals surface area contributed by atoms with Crippen molar-refractivity contribution in [2.24, 2.45) is 0 Å². The van der Waals surface area contributed by atoms with Crippen molar-refractivity contribution in [1.82, 2.24) is 9.88 Å². The van der Waals surface area contributed by atoms with Gasteiger partial charge >= 0.3 is 0 Å². The molecule has 3 rings (SSSR count). The van der Waals surface area contributed by atoms with Gasteiger partial charge < -0.3 is 15.5 Å². The van der Waals surface area contributed by atoms with E-state index in [1.54, 1.807) is 6.20 Å². The Morgan fingerprint density at radius 2 is 1.95 bits per heavy atom. The highest BCUT2D eigenvalue weighted by Gasteiger charge is 2.16. The van der Waals surface area contributed by atoms with Crippen molar-refractivity contribution in [2.75, 3.05) is 43.4 Å². The van der Waals surface area contributed by atoms with Crippen molar-refractivity contribution in [2.45, 2.75) is 6.92 Å². The molecule has 21 heavy (non-hydrogen) atoms. The molecule has 1 aromatic carbocycles. The molecule has 4 heteroatoms. The first kappa shape index (κ1) is 13.9. The SMILES string of the molecule is CCN1CCN(c2ccc(N)c(-c3cccnc3)c2)CC1. The zero-order valence-corrected chi connectivity index (χ0v) is 12.5. The molecule has 1 fully saturated rings. The monoisotopic (exact) mass is 282 g/mol. The van der Waals surface area contributed by atoms with Crippen molar-refractivity contribution >= 4 is 11.4 Å². The number of hydrogen-bond acceptors (Lipinski definition) is 4. The molecule has 2 N–H and O–H groups in total. The first-order valence-electron chi connectivity index (χ1n) is 7.55. The molecule has 1 aliphatic rings. The lowest BCUT2D eigenvalue weighted by molar-refractivity contribution is 0.271. The van der Waals surface area contributed by atoms with E-state index < -0.39 is 0 Å². The molecule has 0 bridgehead atoms. The van der Waals surface area contributed by atoms with E-state index in [2.05, 4.69) is 39.9 Å². The van der Waals surface area contributed by atoms with E-state index >= 15 is 0 Å². The smallest absolute Gasteiger partial charge is 0.0395 e. The number of piperazine rings is 1. The minimum absolute atomic E-state index is 0.805. The van der Waals surface area contributed by atoms with Crippen LogP contribution in [0.15, 0.2) is 42.7 Å². The molecular formula is C17H22N4. The van der Waals surface area contributed by atoms with Crippen LogP contribution in [0.4, 0.5) is 11.4 Å². The van der Waals surface area contributed by atoms with Crippen LogP contribution in [0.25, 0.3) is 11.1 Å². The zero-order valence-electron chi connectivity index (χ0n) is 12.5. The number of rotatable bonds is 3. The van der Waals surface area contributed by atoms with E-state index in [-0.39, 0.29) is 0 Å². The molecule has 0 aliphatic carbocycles. The summed E-state index contributed by atoms with van der Waals surface area (Å²) in [6.45, 7) is 7.76. The normalized spacial score (nSPS) is 16.1. The molecule has 0 amide bonds. The molecule has 110 valence electrons. The standard InChI is InChI=1S/C17H22N4/c1-2-20-8-10-21(11-9-20)15-5-6-17(18)16(12-15)14-4-3-7-19-13-14/h3-7,12-13H,2,8-11,18H2,1H3. The molecular weight excluding hydrogens is 260 g/mol. The van der Waals surface area contributed by atoms with Gasteiger partial charge in [-0.1, -0.05) is 13.0 Å². The largest absolute Gasteiger partial charge is 0.398 e. The van der Waals surface area contributed by atoms with Crippen LogP contribution in [0.2, 0.25) is 0 Å². The molecule has 0 saturated carbocycles. The molecule has 0 unspecified atom stereocenters. The molecule has 0 atom stereocenters. The average molecular weight is 282 g/mol. The average Bonchev–Trinajstić information content (AvgIpc) is 2.56. The Balaban J connectivity index is 1.85. The van der Waals surface area contributed by atoms with Crippen molar-refractivity contribution in [3.8, 4) is 11.1 Å².